The average Bonchev–Trinajstić information content (AvgIpc) is 3.29. The van der Waals surface area contributed by atoms with Crippen LogP contribution in [-0.4, -0.2) is 47.4 Å². The van der Waals surface area contributed by atoms with Gasteiger partial charge in [-0.15, -0.1) is 0 Å². The van der Waals surface area contributed by atoms with Crippen LogP contribution in [0, 0.1) is 0 Å². The van der Waals surface area contributed by atoms with Gasteiger partial charge in [-0.05, 0) is 51.4 Å². The molecule has 0 saturated carbocycles. The van der Waals surface area contributed by atoms with Crippen molar-refractivity contribution in [2.75, 3.05) is 13.2 Å². The lowest BCUT2D eigenvalue weighted by atomic mass is 10.0. The third-order valence-electron chi connectivity index (χ3n) is 12.9. The zero-order chi connectivity index (χ0) is 46.5. The summed E-state index contributed by atoms with van der Waals surface area (Å²) in [6.45, 7) is 4.85. The van der Waals surface area contributed by atoms with Gasteiger partial charge in [-0.2, -0.15) is 0 Å². The second-order valence-electron chi connectivity index (χ2n) is 19.3. The fraction of sp³-hybridized carbons (Fsp3) is 0.862. The number of amides is 1. The molecule has 0 spiro atoms. The van der Waals surface area contributed by atoms with Crippen LogP contribution in [0.1, 0.15) is 296 Å². The Morgan fingerprint density at radius 1 is 0.438 bits per heavy atom. The Labute approximate surface area is 398 Å². The van der Waals surface area contributed by atoms with Gasteiger partial charge in [0.15, 0.2) is 0 Å². The van der Waals surface area contributed by atoms with Crippen molar-refractivity contribution in [1.82, 2.24) is 5.32 Å². The number of ether oxygens (including phenoxy) is 1. The number of hydrogen-bond acceptors (Lipinski definition) is 5. The molecule has 2 atom stereocenters. The van der Waals surface area contributed by atoms with E-state index < -0.39 is 12.1 Å². The van der Waals surface area contributed by atoms with E-state index in [1.807, 2.05) is 12.2 Å². The maximum Gasteiger partial charge on any atom is 0.305 e. The smallest absolute Gasteiger partial charge is 0.305 e. The average molecular weight is 901 g/mol. The Hall–Kier alpha value is -1.92. The Morgan fingerprint density at radius 3 is 1.22 bits per heavy atom. The van der Waals surface area contributed by atoms with Crippen LogP contribution in [0.15, 0.2) is 36.5 Å². The van der Waals surface area contributed by atoms with Crippen LogP contribution in [0.3, 0.4) is 0 Å². The van der Waals surface area contributed by atoms with E-state index in [0.29, 0.717) is 25.9 Å². The van der Waals surface area contributed by atoms with Gasteiger partial charge >= 0.3 is 5.97 Å². The minimum atomic E-state index is -0.880. The Balaban J connectivity index is 3.58. The largest absolute Gasteiger partial charge is 0.466 e. The quantitative estimate of drug-likeness (QED) is 0.0321. The summed E-state index contributed by atoms with van der Waals surface area (Å²) < 4.78 is 5.45. The predicted octanol–water partition coefficient (Wildman–Crippen LogP) is 17.2. The molecule has 1 amide bonds. The van der Waals surface area contributed by atoms with Crippen molar-refractivity contribution in [2.45, 2.75) is 309 Å². The molecule has 0 rings (SSSR count). The van der Waals surface area contributed by atoms with Crippen LogP contribution in [-0.2, 0) is 14.3 Å². The van der Waals surface area contributed by atoms with E-state index in [0.717, 1.165) is 51.4 Å². The Kier molecular flexibility index (Phi) is 52.1. The van der Waals surface area contributed by atoms with E-state index >= 15 is 0 Å². The first kappa shape index (κ1) is 62.1. The summed E-state index contributed by atoms with van der Waals surface area (Å²) in [5.74, 6) is -0.163. The SMILES string of the molecule is CCCCCCCCCCCCCCCCCCCCC/C=C/C(O)C(CO)NC(=O)CC/C=C\C/C=C\CCCCCCCCOC(=O)CCCCCCCCCCCCCCC. The highest BCUT2D eigenvalue weighted by atomic mass is 16.5. The number of nitrogens with one attached hydrogen (secondary N) is 1. The highest BCUT2D eigenvalue weighted by Gasteiger charge is 2.17. The summed E-state index contributed by atoms with van der Waals surface area (Å²) in [6, 6.07) is -0.672. The molecule has 0 fully saturated rings. The third kappa shape index (κ3) is 49.5. The molecule has 2 unspecified atom stereocenters. The van der Waals surface area contributed by atoms with Gasteiger partial charge in [0.2, 0.25) is 5.91 Å². The van der Waals surface area contributed by atoms with Gasteiger partial charge in [0.25, 0.3) is 0 Å². The van der Waals surface area contributed by atoms with Gasteiger partial charge in [-0.25, -0.2) is 0 Å². The van der Waals surface area contributed by atoms with E-state index in [1.165, 1.54) is 212 Å². The summed E-state index contributed by atoms with van der Waals surface area (Å²) in [5, 5.41) is 23.1. The van der Waals surface area contributed by atoms with Crippen molar-refractivity contribution >= 4 is 11.9 Å². The highest BCUT2D eigenvalue weighted by molar-refractivity contribution is 5.76. The maximum absolute atomic E-state index is 12.4. The number of carbonyl (C=O) groups excluding carboxylic acids is 2. The molecule has 6 heteroatoms. The van der Waals surface area contributed by atoms with Gasteiger partial charge < -0.3 is 20.3 Å². The van der Waals surface area contributed by atoms with E-state index in [2.05, 4.69) is 37.4 Å². The van der Waals surface area contributed by atoms with Crippen molar-refractivity contribution < 1.29 is 24.5 Å². The molecule has 0 radical (unpaired) electrons. The number of aliphatic hydroxyl groups excluding tert-OH is 2. The summed E-state index contributed by atoms with van der Waals surface area (Å²) in [7, 11) is 0. The van der Waals surface area contributed by atoms with Gasteiger partial charge in [0.05, 0.1) is 25.4 Å². The lowest BCUT2D eigenvalue weighted by molar-refractivity contribution is -0.143. The molecule has 0 bridgehead atoms. The van der Waals surface area contributed by atoms with Crippen molar-refractivity contribution in [3.63, 3.8) is 0 Å². The first-order valence-corrected chi connectivity index (χ1v) is 28.3. The zero-order valence-corrected chi connectivity index (χ0v) is 42.8. The molecular weight excluding hydrogens is 791 g/mol. The van der Waals surface area contributed by atoms with E-state index in [9.17, 15) is 19.8 Å². The molecule has 0 aromatic heterocycles. The Bertz CT molecular complexity index is 1040. The molecule has 0 heterocycles. The topological polar surface area (TPSA) is 95.9 Å². The Morgan fingerprint density at radius 2 is 0.797 bits per heavy atom. The zero-order valence-electron chi connectivity index (χ0n) is 42.8. The lowest BCUT2D eigenvalue weighted by Gasteiger charge is -2.19. The number of hydrogen-bond donors (Lipinski definition) is 3. The number of unbranched alkanes of at least 4 members (excludes halogenated alkanes) is 37. The summed E-state index contributed by atoms with van der Waals surface area (Å²) >= 11 is 0. The number of esters is 1. The fourth-order valence-electron chi connectivity index (χ4n) is 8.57. The summed E-state index contributed by atoms with van der Waals surface area (Å²) in [5.41, 5.74) is 0. The van der Waals surface area contributed by atoms with Crippen molar-refractivity contribution in [3.05, 3.63) is 36.5 Å². The van der Waals surface area contributed by atoms with E-state index in [4.69, 9.17) is 4.74 Å². The van der Waals surface area contributed by atoms with Crippen LogP contribution < -0.4 is 5.32 Å². The first-order chi connectivity index (χ1) is 31.5. The van der Waals surface area contributed by atoms with E-state index in [1.54, 1.807) is 6.08 Å². The number of carbonyl (C=O) groups is 2. The van der Waals surface area contributed by atoms with Gasteiger partial charge in [0.1, 0.15) is 0 Å². The summed E-state index contributed by atoms with van der Waals surface area (Å²) in [4.78, 5) is 24.4. The number of allylic oxidation sites excluding steroid dienone is 5. The number of aliphatic hydroxyl groups is 2. The van der Waals surface area contributed by atoms with Crippen molar-refractivity contribution in [1.29, 1.82) is 0 Å². The molecule has 0 aliphatic heterocycles. The minimum Gasteiger partial charge on any atom is -0.466 e. The number of rotatable bonds is 52. The van der Waals surface area contributed by atoms with Crippen LogP contribution in [0.2, 0.25) is 0 Å². The molecule has 6 nitrogen and oxygen atoms in total. The van der Waals surface area contributed by atoms with Gasteiger partial charge in [0, 0.05) is 12.8 Å². The molecule has 376 valence electrons. The minimum absolute atomic E-state index is 0.0169. The molecule has 3 N–H and O–H groups in total. The normalized spacial score (nSPS) is 12.9. The fourth-order valence-corrected chi connectivity index (χ4v) is 8.57. The van der Waals surface area contributed by atoms with E-state index in [-0.39, 0.29) is 18.5 Å². The maximum atomic E-state index is 12.4. The highest BCUT2D eigenvalue weighted by Crippen LogP contribution is 2.16. The third-order valence-corrected chi connectivity index (χ3v) is 12.9. The summed E-state index contributed by atoms with van der Waals surface area (Å²) in [6.07, 6.45) is 66.0. The van der Waals surface area contributed by atoms with Crippen LogP contribution in [0.4, 0.5) is 0 Å². The first-order valence-electron chi connectivity index (χ1n) is 28.3. The van der Waals surface area contributed by atoms with Gasteiger partial charge in [-0.1, -0.05) is 269 Å². The molecule has 0 aromatic rings. The van der Waals surface area contributed by atoms with Crippen LogP contribution in [0.25, 0.3) is 0 Å². The molecular formula is C58H109NO5. The lowest BCUT2D eigenvalue weighted by Crippen LogP contribution is -2.45. The monoisotopic (exact) mass is 900 g/mol. The molecule has 0 saturated heterocycles. The molecule has 0 aliphatic rings. The second-order valence-corrected chi connectivity index (χ2v) is 19.3. The molecule has 64 heavy (non-hydrogen) atoms. The standard InChI is InChI=1S/C58H109NO5/c1-3-5-7-9-11-13-15-17-18-19-20-21-22-23-24-27-30-34-38-42-46-50-56(61)55(54-60)59-57(62)51-47-43-39-35-31-28-25-29-33-37-41-45-49-53-64-58(63)52-48-44-40-36-32-26-16-14-12-10-8-6-4-2/h28,31,39,43,46,50,55-56,60-61H,3-27,29-30,32-38,40-42,44-45,47-49,51-54H2,1-2H3,(H,59,62)/b31-28-,43-39-,50-46+. The molecule has 0 aromatic carbocycles. The van der Waals surface area contributed by atoms with Gasteiger partial charge in [-0.3, -0.25) is 9.59 Å². The van der Waals surface area contributed by atoms with Crippen molar-refractivity contribution in [3.8, 4) is 0 Å². The van der Waals surface area contributed by atoms with Crippen molar-refractivity contribution in [2.24, 2.45) is 0 Å². The van der Waals surface area contributed by atoms with Crippen LogP contribution in [0.5, 0.6) is 0 Å². The second kappa shape index (κ2) is 53.7. The van der Waals surface area contributed by atoms with Crippen LogP contribution >= 0.6 is 0 Å². The molecule has 0 aliphatic carbocycles. The predicted molar refractivity (Wildman–Crippen MR) is 278 cm³/mol.